The van der Waals surface area contributed by atoms with Crippen LogP contribution in [0, 0.1) is 5.82 Å². The number of hydrogen-bond donors (Lipinski definition) is 1. The lowest BCUT2D eigenvalue weighted by molar-refractivity contribution is 0.623. The number of benzene rings is 1. The molecule has 0 aliphatic carbocycles. The summed E-state index contributed by atoms with van der Waals surface area (Å²) < 4.78 is 14.0. The fourth-order valence-electron chi connectivity index (χ4n) is 1.05. The standard InChI is InChI=1S/C9H10BrFN2/c1-12-9(13-2)7-4-3-6(10)5-8(7)11/h3-5H,1-2H3,(H,12,13). The molecule has 0 unspecified atom stereocenters. The van der Waals surface area contributed by atoms with Crippen molar-refractivity contribution in [2.24, 2.45) is 4.99 Å². The quantitative estimate of drug-likeness (QED) is 0.595. The zero-order chi connectivity index (χ0) is 9.84. The van der Waals surface area contributed by atoms with Crippen molar-refractivity contribution in [2.75, 3.05) is 14.1 Å². The van der Waals surface area contributed by atoms with Gasteiger partial charge in [0.1, 0.15) is 11.7 Å². The first-order valence-electron chi connectivity index (χ1n) is 3.79. The van der Waals surface area contributed by atoms with Crippen LogP contribution in [0.1, 0.15) is 5.56 Å². The molecule has 0 fully saturated rings. The van der Waals surface area contributed by atoms with E-state index in [1.807, 2.05) is 0 Å². The minimum Gasteiger partial charge on any atom is -0.373 e. The Morgan fingerprint density at radius 2 is 2.23 bits per heavy atom. The average Bonchev–Trinajstić information content (AvgIpc) is 2.10. The molecule has 0 aliphatic rings. The largest absolute Gasteiger partial charge is 0.373 e. The van der Waals surface area contributed by atoms with E-state index >= 15 is 0 Å². The zero-order valence-electron chi connectivity index (χ0n) is 7.44. The van der Waals surface area contributed by atoms with Crippen molar-refractivity contribution in [3.05, 3.63) is 34.1 Å². The second-order valence-corrected chi connectivity index (χ2v) is 3.36. The Bertz CT molecular complexity index is 336. The van der Waals surface area contributed by atoms with Gasteiger partial charge in [0.25, 0.3) is 0 Å². The van der Waals surface area contributed by atoms with Gasteiger partial charge in [-0.3, -0.25) is 4.99 Å². The Hall–Kier alpha value is -0.900. The SMILES string of the molecule is CN=C(NC)c1ccc(Br)cc1F. The average molecular weight is 245 g/mol. The maximum absolute atomic E-state index is 13.3. The first kappa shape index (κ1) is 10.2. The van der Waals surface area contributed by atoms with Crippen molar-refractivity contribution in [2.45, 2.75) is 0 Å². The van der Waals surface area contributed by atoms with Gasteiger partial charge in [-0.25, -0.2) is 4.39 Å². The Morgan fingerprint density at radius 3 is 2.69 bits per heavy atom. The monoisotopic (exact) mass is 244 g/mol. The first-order chi connectivity index (χ1) is 6.19. The summed E-state index contributed by atoms with van der Waals surface area (Å²) in [5, 5.41) is 2.82. The molecule has 13 heavy (non-hydrogen) atoms. The number of hydrogen-bond acceptors (Lipinski definition) is 1. The predicted octanol–water partition coefficient (Wildman–Crippen LogP) is 2.18. The maximum Gasteiger partial charge on any atom is 0.135 e. The zero-order valence-corrected chi connectivity index (χ0v) is 9.02. The van der Waals surface area contributed by atoms with E-state index in [9.17, 15) is 4.39 Å². The van der Waals surface area contributed by atoms with Gasteiger partial charge in [-0.1, -0.05) is 15.9 Å². The van der Waals surface area contributed by atoms with E-state index in [4.69, 9.17) is 0 Å². The lowest BCUT2D eigenvalue weighted by Crippen LogP contribution is -2.20. The van der Waals surface area contributed by atoms with Crippen LogP contribution in [-0.2, 0) is 0 Å². The van der Waals surface area contributed by atoms with Crippen LogP contribution in [0.25, 0.3) is 0 Å². The van der Waals surface area contributed by atoms with Crippen molar-refractivity contribution in [3.8, 4) is 0 Å². The van der Waals surface area contributed by atoms with Crippen LogP contribution in [0.4, 0.5) is 4.39 Å². The molecule has 1 N–H and O–H groups in total. The van der Waals surface area contributed by atoms with E-state index < -0.39 is 0 Å². The minimum absolute atomic E-state index is 0.288. The van der Waals surface area contributed by atoms with Crippen molar-refractivity contribution in [3.63, 3.8) is 0 Å². The highest BCUT2D eigenvalue weighted by atomic mass is 79.9. The summed E-state index contributed by atoms with van der Waals surface area (Å²) in [5.41, 5.74) is 0.480. The highest BCUT2D eigenvalue weighted by molar-refractivity contribution is 9.10. The summed E-state index contributed by atoms with van der Waals surface area (Å²) in [4.78, 5) is 3.92. The van der Waals surface area contributed by atoms with Crippen LogP contribution >= 0.6 is 15.9 Å². The topological polar surface area (TPSA) is 24.4 Å². The number of aliphatic imine (C=N–C) groups is 1. The number of halogens is 2. The molecule has 4 heteroatoms. The maximum atomic E-state index is 13.3. The third kappa shape index (κ3) is 2.28. The van der Waals surface area contributed by atoms with Crippen molar-refractivity contribution in [1.29, 1.82) is 0 Å². The third-order valence-electron chi connectivity index (χ3n) is 1.65. The molecule has 0 atom stereocenters. The van der Waals surface area contributed by atoms with E-state index in [2.05, 4.69) is 26.2 Å². The molecule has 70 valence electrons. The third-order valence-corrected chi connectivity index (χ3v) is 2.14. The number of amidine groups is 1. The van der Waals surface area contributed by atoms with Crippen LogP contribution in [0.5, 0.6) is 0 Å². The molecule has 0 aliphatic heterocycles. The second-order valence-electron chi connectivity index (χ2n) is 2.45. The summed E-state index contributed by atoms with van der Waals surface area (Å²) in [6.07, 6.45) is 0. The molecule has 0 bridgehead atoms. The highest BCUT2D eigenvalue weighted by Gasteiger charge is 2.06. The van der Waals surface area contributed by atoms with Crippen molar-refractivity contribution >= 4 is 21.8 Å². The summed E-state index contributed by atoms with van der Waals surface area (Å²) >= 11 is 3.19. The van der Waals surface area contributed by atoms with E-state index in [0.717, 1.165) is 4.47 Å². The lowest BCUT2D eigenvalue weighted by Gasteiger charge is -2.05. The van der Waals surface area contributed by atoms with Gasteiger partial charge in [-0.2, -0.15) is 0 Å². The molecule has 0 saturated heterocycles. The summed E-state index contributed by atoms with van der Waals surface area (Å²) in [7, 11) is 3.33. The van der Waals surface area contributed by atoms with Crippen LogP contribution in [0.15, 0.2) is 27.7 Å². The smallest absolute Gasteiger partial charge is 0.135 e. The molecule has 0 heterocycles. The van der Waals surface area contributed by atoms with Gasteiger partial charge in [-0.15, -0.1) is 0 Å². The normalized spacial score (nSPS) is 11.5. The molecule has 0 radical (unpaired) electrons. The summed E-state index contributed by atoms with van der Waals surface area (Å²) in [5.74, 6) is 0.259. The Labute approximate surface area is 85.0 Å². The second kappa shape index (κ2) is 4.37. The molecule has 1 aromatic rings. The summed E-state index contributed by atoms with van der Waals surface area (Å²) in [6, 6.07) is 4.87. The van der Waals surface area contributed by atoms with E-state index in [1.54, 1.807) is 26.2 Å². The molecule has 2 nitrogen and oxygen atoms in total. The van der Waals surface area contributed by atoms with Crippen molar-refractivity contribution < 1.29 is 4.39 Å². The van der Waals surface area contributed by atoms with Gasteiger partial charge >= 0.3 is 0 Å². The fourth-order valence-corrected chi connectivity index (χ4v) is 1.38. The van der Waals surface area contributed by atoms with E-state index in [1.165, 1.54) is 6.07 Å². The van der Waals surface area contributed by atoms with Crippen LogP contribution < -0.4 is 5.32 Å². The molecule has 0 aromatic heterocycles. The van der Waals surface area contributed by atoms with E-state index in [-0.39, 0.29) is 5.82 Å². The predicted molar refractivity (Wildman–Crippen MR) is 55.6 cm³/mol. The molecular formula is C9H10BrFN2. The Morgan fingerprint density at radius 1 is 1.54 bits per heavy atom. The summed E-state index contributed by atoms with van der Waals surface area (Å²) in [6.45, 7) is 0. The molecule has 0 spiro atoms. The number of rotatable bonds is 1. The Kier molecular flexibility index (Phi) is 3.42. The molecule has 1 rings (SSSR count). The van der Waals surface area contributed by atoms with E-state index in [0.29, 0.717) is 11.4 Å². The highest BCUT2D eigenvalue weighted by Crippen LogP contribution is 2.15. The van der Waals surface area contributed by atoms with Gasteiger partial charge in [0, 0.05) is 18.6 Å². The number of nitrogens with one attached hydrogen (secondary N) is 1. The van der Waals surface area contributed by atoms with Crippen LogP contribution in [-0.4, -0.2) is 19.9 Å². The van der Waals surface area contributed by atoms with Gasteiger partial charge < -0.3 is 5.32 Å². The van der Waals surface area contributed by atoms with Gasteiger partial charge in [0.05, 0.1) is 5.56 Å². The first-order valence-corrected chi connectivity index (χ1v) is 4.58. The number of nitrogens with zero attached hydrogens (tertiary/aromatic N) is 1. The molecule has 0 amide bonds. The minimum atomic E-state index is -0.288. The van der Waals surface area contributed by atoms with Crippen LogP contribution in [0.3, 0.4) is 0 Å². The molecule has 1 aromatic carbocycles. The molecular weight excluding hydrogens is 235 g/mol. The lowest BCUT2D eigenvalue weighted by atomic mass is 10.2. The van der Waals surface area contributed by atoms with Gasteiger partial charge in [0.15, 0.2) is 0 Å². The Balaban J connectivity index is 3.15. The fraction of sp³-hybridized carbons (Fsp3) is 0.222. The van der Waals surface area contributed by atoms with Crippen molar-refractivity contribution in [1.82, 2.24) is 5.32 Å². The van der Waals surface area contributed by atoms with Gasteiger partial charge in [0.2, 0.25) is 0 Å². The van der Waals surface area contributed by atoms with Crippen LogP contribution in [0.2, 0.25) is 0 Å². The molecule has 0 saturated carbocycles. The van der Waals surface area contributed by atoms with Gasteiger partial charge in [-0.05, 0) is 18.2 Å².